The Labute approximate surface area is 192 Å². The molecule has 0 bridgehead atoms. The van der Waals surface area contributed by atoms with Crippen LogP contribution in [-0.2, 0) is 0 Å². The Hall–Kier alpha value is -2.93. The van der Waals surface area contributed by atoms with Gasteiger partial charge in [-0.25, -0.2) is 14.1 Å². The summed E-state index contributed by atoms with van der Waals surface area (Å²) >= 11 is 18.4. The molecule has 0 saturated carbocycles. The number of carbonyl (C=O) groups is 1. The summed E-state index contributed by atoms with van der Waals surface area (Å²) in [7, 11) is 0. The molecule has 0 spiro atoms. The fourth-order valence-electron chi connectivity index (χ4n) is 2.95. The third-order valence-electron chi connectivity index (χ3n) is 4.52. The number of hydrogen-bond donors (Lipinski definition) is 1. The van der Waals surface area contributed by atoms with Gasteiger partial charge < -0.3 is 5.32 Å². The van der Waals surface area contributed by atoms with Crippen LogP contribution in [0.1, 0.15) is 16.2 Å². The van der Waals surface area contributed by atoms with Crippen molar-refractivity contribution >= 4 is 46.4 Å². The predicted octanol–water partition coefficient (Wildman–Crippen LogP) is 6.59. The molecular weight excluding hydrogens is 462 g/mol. The van der Waals surface area contributed by atoms with Crippen LogP contribution in [0.5, 0.6) is 0 Å². The van der Waals surface area contributed by atoms with E-state index in [4.69, 9.17) is 34.8 Å². The first-order chi connectivity index (χ1) is 14.8. The maximum atomic E-state index is 13.4. The lowest BCUT2D eigenvalue weighted by atomic mass is 10.2. The number of nitrogens with zero attached hydrogens (tertiary/aromatic N) is 3. The molecule has 5 nitrogen and oxygen atoms in total. The van der Waals surface area contributed by atoms with Crippen molar-refractivity contribution in [2.45, 2.75) is 6.92 Å². The Morgan fingerprint density at radius 2 is 1.71 bits per heavy atom. The third-order valence-corrected chi connectivity index (χ3v) is 5.57. The summed E-state index contributed by atoms with van der Waals surface area (Å²) in [6, 6.07) is 15.9. The van der Waals surface area contributed by atoms with Crippen LogP contribution >= 0.6 is 34.8 Å². The summed E-state index contributed by atoms with van der Waals surface area (Å²) in [5.74, 6) is -0.695. The van der Waals surface area contributed by atoms with Gasteiger partial charge in [-0.3, -0.25) is 4.79 Å². The van der Waals surface area contributed by atoms with Crippen LogP contribution < -0.4 is 5.32 Å². The number of aryl methyl sites for hydroxylation is 1. The lowest BCUT2D eigenvalue weighted by Crippen LogP contribution is -2.15. The van der Waals surface area contributed by atoms with Crippen LogP contribution in [0.15, 0.2) is 60.7 Å². The van der Waals surface area contributed by atoms with Gasteiger partial charge in [-0.05, 0) is 61.0 Å². The van der Waals surface area contributed by atoms with Gasteiger partial charge in [0.15, 0.2) is 5.82 Å². The number of para-hydroxylation sites is 1. The molecule has 0 fully saturated rings. The monoisotopic (exact) mass is 474 g/mol. The van der Waals surface area contributed by atoms with Gasteiger partial charge in [0.2, 0.25) is 5.82 Å². The van der Waals surface area contributed by atoms with Crippen LogP contribution in [0, 0.1) is 12.7 Å². The van der Waals surface area contributed by atoms with Gasteiger partial charge in [0, 0.05) is 5.56 Å². The first-order valence-corrected chi connectivity index (χ1v) is 10.2. The van der Waals surface area contributed by atoms with Crippen LogP contribution in [-0.4, -0.2) is 20.7 Å². The van der Waals surface area contributed by atoms with Gasteiger partial charge in [-0.2, -0.15) is 0 Å². The van der Waals surface area contributed by atoms with Crippen molar-refractivity contribution < 1.29 is 9.18 Å². The number of hydrogen-bond acceptors (Lipinski definition) is 3. The highest BCUT2D eigenvalue weighted by molar-refractivity contribution is 6.42. The molecule has 4 aromatic rings. The molecule has 0 saturated heterocycles. The van der Waals surface area contributed by atoms with Crippen LogP contribution in [0.3, 0.4) is 0 Å². The second-order valence-corrected chi connectivity index (χ2v) is 7.88. The molecule has 1 N–H and O–H groups in total. The number of anilines is 1. The van der Waals surface area contributed by atoms with Crippen molar-refractivity contribution in [1.82, 2.24) is 14.8 Å². The minimum atomic E-state index is -0.543. The Morgan fingerprint density at radius 1 is 0.968 bits per heavy atom. The first-order valence-electron chi connectivity index (χ1n) is 9.08. The number of rotatable bonds is 4. The molecule has 4 rings (SSSR count). The van der Waals surface area contributed by atoms with Gasteiger partial charge in [0.05, 0.1) is 26.4 Å². The second-order valence-electron chi connectivity index (χ2n) is 6.66. The van der Waals surface area contributed by atoms with Gasteiger partial charge in [-0.1, -0.05) is 46.9 Å². The van der Waals surface area contributed by atoms with Crippen molar-refractivity contribution in [3.8, 4) is 17.1 Å². The lowest BCUT2D eigenvalue weighted by molar-refractivity contribution is 0.101. The highest BCUT2D eigenvalue weighted by atomic mass is 35.5. The summed E-state index contributed by atoms with van der Waals surface area (Å²) in [5, 5.41) is 8.20. The van der Waals surface area contributed by atoms with Crippen LogP contribution in [0.2, 0.25) is 15.1 Å². The van der Waals surface area contributed by atoms with Gasteiger partial charge in [-0.15, -0.1) is 5.10 Å². The fourth-order valence-corrected chi connectivity index (χ4v) is 3.51. The summed E-state index contributed by atoms with van der Waals surface area (Å²) in [5.41, 5.74) is 2.37. The van der Waals surface area contributed by atoms with Crippen molar-refractivity contribution in [3.05, 3.63) is 92.9 Å². The number of benzene rings is 3. The molecular formula is C22H14Cl3FN4O. The molecule has 1 aromatic heterocycles. The lowest BCUT2D eigenvalue weighted by Gasteiger charge is -2.08. The largest absolute Gasteiger partial charge is 0.318 e. The molecule has 31 heavy (non-hydrogen) atoms. The van der Waals surface area contributed by atoms with Crippen molar-refractivity contribution in [2.24, 2.45) is 0 Å². The Balaban J connectivity index is 1.80. The standard InChI is InChI=1S/C22H14Cl3FN4O/c1-12-3-2-4-17(24)19(12)27-22(31)20-28-21(13-5-7-14(26)8-6-13)30(29-20)15-9-10-16(23)18(25)11-15/h2-11H,1H3,(H,27,31). The maximum absolute atomic E-state index is 13.4. The second kappa shape index (κ2) is 8.67. The minimum absolute atomic E-state index is 0.0929. The quantitative estimate of drug-likeness (QED) is 0.362. The fraction of sp³-hybridized carbons (Fsp3) is 0.0455. The van der Waals surface area contributed by atoms with E-state index in [0.29, 0.717) is 37.8 Å². The summed E-state index contributed by atoms with van der Waals surface area (Å²) in [6.07, 6.45) is 0. The molecule has 9 heteroatoms. The molecule has 1 heterocycles. The van der Waals surface area contributed by atoms with Crippen molar-refractivity contribution in [3.63, 3.8) is 0 Å². The van der Waals surface area contributed by atoms with E-state index in [1.807, 2.05) is 13.0 Å². The van der Waals surface area contributed by atoms with E-state index in [-0.39, 0.29) is 5.82 Å². The number of halogens is 4. The Bertz CT molecular complexity index is 1270. The van der Waals surface area contributed by atoms with E-state index in [0.717, 1.165) is 5.56 Å². The molecule has 0 aliphatic rings. The molecule has 0 atom stereocenters. The zero-order valence-corrected chi connectivity index (χ0v) is 18.3. The van der Waals surface area contributed by atoms with E-state index < -0.39 is 11.7 Å². The number of amides is 1. The average molecular weight is 476 g/mol. The minimum Gasteiger partial charge on any atom is -0.318 e. The molecule has 0 aliphatic heterocycles. The Kier molecular flexibility index (Phi) is 5.96. The average Bonchev–Trinajstić information content (AvgIpc) is 3.19. The SMILES string of the molecule is Cc1cccc(Cl)c1NC(=O)c1nc(-c2ccc(F)cc2)n(-c2ccc(Cl)c(Cl)c2)n1. The molecule has 3 aromatic carbocycles. The van der Waals surface area contributed by atoms with Gasteiger partial charge >= 0.3 is 0 Å². The van der Waals surface area contributed by atoms with E-state index >= 15 is 0 Å². The number of aromatic nitrogens is 3. The van der Waals surface area contributed by atoms with Gasteiger partial charge in [0.1, 0.15) is 5.82 Å². The summed E-state index contributed by atoms with van der Waals surface area (Å²) in [4.78, 5) is 17.3. The molecule has 0 aliphatic carbocycles. The van der Waals surface area contributed by atoms with E-state index in [1.54, 1.807) is 42.5 Å². The molecule has 0 unspecified atom stereocenters. The number of nitrogens with one attached hydrogen (secondary N) is 1. The predicted molar refractivity (Wildman–Crippen MR) is 121 cm³/mol. The highest BCUT2D eigenvalue weighted by Crippen LogP contribution is 2.29. The number of carbonyl (C=O) groups excluding carboxylic acids is 1. The van der Waals surface area contributed by atoms with Crippen molar-refractivity contribution in [1.29, 1.82) is 0 Å². The first kappa shape index (κ1) is 21.3. The molecule has 156 valence electrons. The molecule has 1 amide bonds. The van der Waals surface area contributed by atoms with E-state index in [9.17, 15) is 9.18 Å². The summed E-state index contributed by atoms with van der Waals surface area (Å²) < 4.78 is 14.9. The Morgan fingerprint density at radius 3 is 2.39 bits per heavy atom. The van der Waals surface area contributed by atoms with Crippen molar-refractivity contribution in [2.75, 3.05) is 5.32 Å². The topological polar surface area (TPSA) is 59.8 Å². The maximum Gasteiger partial charge on any atom is 0.295 e. The van der Waals surface area contributed by atoms with E-state index in [1.165, 1.54) is 16.8 Å². The normalized spacial score (nSPS) is 10.9. The third kappa shape index (κ3) is 4.42. The highest BCUT2D eigenvalue weighted by Gasteiger charge is 2.20. The van der Waals surface area contributed by atoms with Crippen LogP contribution in [0.4, 0.5) is 10.1 Å². The summed E-state index contributed by atoms with van der Waals surface area (Å²) in [6.45, 7) is 1.83. The molecule has 0 radical (unpaired) electrons. The van der Waals surface area contributed by atoms with Gasteiger partial charge in [0.25, 0.3) is 5.91 Å². The zero-order valence-electron chi connectivity index (χ0n) is 16.0. The zero-order chi connectivity index (χ0) is 22.1. The van der Waals surface area contributed by atoms with E-state index in [2.05, 4.69) is 15.4 Å². The van der Waals surface area contributed by atoms with Crippen LogP contribution in [0.25, 0.3) is 17.1 Å². The smallest absolute Gasteiger partial charge is 0.295 e.